The van der Waals surface area contributed by atoms with Crippen LogP contribution >= 0.6 is 0 Å². The fourth-order valence-electron chi connectivity index (χ4n) is 1.28. The van der Waals surface area contributed by atoms with E-state index in [1.807, 2.05) is 13.0 Å². The third-order valence-corrected chi connectivity index (χ3v) is 2.06. The minimum Gasteiger partial charge on any atom is -0.398 e. The van der Waals surface area contributed by atoms with Crippen LogP contribution in [-0.2, 0) is 17.8 Å². The number of anilines is 1. The van der Waals surface area contributed by atoms with Gasteiger partial charge >= 0.3 is 0 Å². The highest BCUT2D eigenvalue weighted by atomic mass is 16.5. The van der Waals surface area contributed by atoms with Crippen molar-refractivity contribution in [1.82, 2.24) is 0 Å². The Balaban J connectivity index is 2.71. The zero-order chi connectivity index (χ0) is 9.68. The average molecular weight is 179 g/mol. The van der Waals surface area contributed by atoms with Gasteiger partial charge in [-0.05, 0) is 30.5 Å². The molecular formula is C11H17NO. The fourth-order valence-corrected chi connectivity index (χ4v) is 1.28. The van der Waals surface area contributed by atoms with E-state index in [0.717, 1.165) is 24.3 Å². The quantitative estimate of drug-likeness (QED) is 0.720. The van der Waals surface area contributed by atoms with Gasteiger partial charge in [0.2, 0.25) is 0 Å². The van der Waals surface area contributed by atoms with Gasteiger partial charge < -0.3 is 10.5 Å². The fraction of sp³-hybridized carbons (Fsp3) is 0.455. The summed E-state index contributed by atoms with van der Waals surface area (Å²) >= 11 is 0. The number of rotatable bonds is 4. The van der Waals surface area contributed by atoms with E-state index in [1.54, 1.807) is 0 Å². The van der Waals surface area contributed by atoms with Crippen molar-refractivity contribution in [3.63, 3.8) is 0 Å². The Bertz CT molecular complexity index is 271. The summed E-state index contributed by atoms with van der Waals surface area (Å²) in [5, 5.41) is 0. The molecule has 1 aromatic rings. The largest absolute Gasteiger partial charge is 0.398 e. The number of ether oxygens (including phenoxy) is 1. The number of benzene rings is 1. The van der Waals surface area contributed by atoms with Gasteiger partial charge in [0, 0.05) is 12.3 Å². The van der Waals surface area contributed by atoms with Crippen molar-refractivity contribution in [1.29, 1.82) is 0 Å². The van der Waals surface area contributed by atoms with Crippen molar-refractivity contribution < 1.29 is 4.74 Å². The lowest BCUT2D eigenvalue weighted by molar-refractivity contribution is 0.134. The average Bonchev–Trinajstić information content (AvgIpc) is 2.15. The van der Waals surface area contributed by atoms with Crippen molar-refractivity contribution >= 4 is 5.69 Å². The van der Waals surface area contributed by atoms with E-state index in [9.17, 15) is 0 Å². The Morgan fingerprint density at radius 2 is 2.08 bits per heavy atom. The van der Waals surface area contributed by atoms with Crippen LogP contribution < -0.4 is 5.73 Å². The number of hydrogen-bond acceptors (Lipinski definition) is 2. The standard InChI is InChI=1S/C11H17NO/c1-3-10-6-5-9(7-11(10)12)8-13-4-2/h5-7H,3-4,8,12H2,1-2H3. The molecule has 0 atom stereocenters. The van der Waals surface area contributed by atoms with Crippen molar-refractivity contribution in [3.05, 3.63) is 29.3 Å². The minimum atomic E-state index is 0.657. The molecule has 0 aliphatic carbocycles. The third-order valence-electron chi connectivity index (χ3n) is 2.06. The second kappa shape index (κ2) is 4.87. The SMILES string of the molecule is CCOCc1ccc(CC)c(N)c1. The molecule has 2 heteroatoms. The lowest BCUT2D eigenvalue weighted by Gasteiger charge is -2.06. The third kappa shape index (κ3) is 2.74. The van der Waals surface area contributed by atoms with Crippen LogP contribution in [0.5, 0.6) is 0 Å². The van der Waals surface area contributed by atoms with E-state index in [1.165, 1.54) is 5.56 Å². The molecule has 0 aromatic heterocycles. The van der Waals surface area contributed by atoms with Crippen LogP contribution in [0.3, 0.4) is 0 Å². The molecule has 0 radical (unpaired) electrons. The maximum Gasteiger partial charge on any atom is 0.0717 e. The molecule has 2 nitrogen and oxygen atoms in total. The van der Waals surface area contributed by atoms with Gasteiger partial charge in [0.05, 0.1) is 6.61 Å². The summed E-state index contributed by atoms with van der Waals surface area (Å²) in [6, 6.07) is 6.14. The molecule has 2 N–H and O–H groups in total. The Hall–Kier alpha value is -1.02. The van der Waals surface area contributed by atoms with E-state index >= 15 is 0 Å². The zero-order valence-electron chi connectivity index (χ0n) is 8.34. The maximum atomic E-state index is 5.85. The van der Waals surface area contributed by atoms with E-state index in [2.05, 4.69) is 19.1 Å². The first-order chi connectivity index (χ1) is 6.27. The first kappa shape index (κ1) is 10.1. The van der Waals surface area contributed by atoms with Gasteiger partial charge in [0.15, 0.2) is 0 Å². The molecule has 1 rings (SSSR count). The molecule has 0 aliphatic heterocycles. The van der Waals surface area contributed by atoms with Crippen LogP contribution in [0.4, 0.5) is 5.69 Å². The number of aryl methyl sites for hydroxylation is 1. The Kier molecular flexibility index (Phi) is 3.77. The Morgan fingerprint density at radius 1 is 1.31 bits per heavy atom. The molecule has 13 heavy (non-hydrogen) atoms. The smallest absolute Gasteiger partial charge is 0.0717 e. The summed E-state index contributed by atoms with van der Waals surface area (Å²) < 4.78 is 5.29. The van der Waals surface area contributed by atoms with Crippen LogP contribution in [0, 0.1) is 0 Å². The van der Waals surface area contributed by atoms with Crippen LogP contribution in [-0.4, -0.2) is 6.61 Å². The summed E-state index contributed by atoms with van der Waals surface area (Å²) in [5.74, 6) is 0. The van der Waals surface area contributed by atoms with Gasteiger partial charge in [-0.25, -0.2) is 0 Å². The number of hydrogen-bond donors (Lipinski definition) is 1. The molecule has 0 spiro atoms. The van der Waals surface area contributed by atoms with Gasteiger partial charge in [-0.3, -0.25) is 0 Å². The highest BCUT2D eigenvalue weighted by Crippen LogP contribution is 2.15. The monoisotopic (exact) mass is 179 g/mol. The predicted molar refractivity (Wildman–Crippen MR) is 55.6 cm³/mol. The summed E-state index contributed by atoms with van der Waals surface area (Å²) in [6.45, 7) is 5.50. The molecule has 1 aromatic carbocycles. The number of nitrogens with two attached hydrogens (primary N) is 1. The predicted octanol–water partition coefficient (Wildman–Crippen LogP) is 2.37. The van der Waals surface area contributed by atoms with E-state index in [0.29, 0.717) is 6.61 Å². The molecule has 0 amide bonds. The normalized spacial score (nSPS) is 10.3. The van der Waals surface area contributed by atoms with Gasteiger partial charge in [-0.1, -0.05) is 19.1 Å². The molecule has 0 saturated heterocycles. The topological polar surface area (TPSA) is 35.2 Å². The lowest BCUT2D eigenvalue weighted by atomic mass is 10.1. The molecule has 0 heterocycles. The van der Waals surface area contributed by atoms with Crippen LogP contribution in [0.15, 0.2) is 18.2 Å². The Labute approximate surface area is 79.7 Å². The minimum absolute atomic E-state index is 0.657. The summed E-state index contributed by atoms with van der Waals surface area (Å²) in [5.41, 5.74) is 9.08. The summed E-state index contributed by atoms with van der Waals surface area (Å²) in [7, 11) is 0. The molecule has 0 saturated carbocycles. The zero-order valence-corrected chi connectivity index (χ0v) is 8.34. The second-order valence-electron chi connectivity index (χ2n) is 3.02. The van der Waals surface area contributed by atoms with Crippen molar-refractivity contribution in [3.8, 4) is 0 Å². The highest BCUT2D eigenvalue weighted by molar-refractivity contribution is 5.49. The van der Waals surface area contributed by atoms with Crippen LogP contribution in [0.2, 0.25) is 0 Å². The summed E-state index contributed by atoms with van der Waals surface area (Å²) in [4.78, 5) is 0. The van der Waals surface area contributed by atoms with Gasteiger partial charge in [-0.2, -0.15) is 0 Å². The van der Waals surface area contributed by atoms with Crippen LogP contribution in [0.1, 0.15) is 25.0 Å². The molecule has 0 fully saturated rings. The van der Waals surface area contributed by atoms with E-state index < -0.39 is 0 Å². The molecule has 72 valence electrons. The molecule has 0 aliphatic rings. The molecule has 0 unspecified atom stereocenters. The van der Waals surface area contributed by atoms with Crippen LogP contribution in [0.25, 0.3) is 0 Å². The second-order valence-corrected chi connectivity index (χ2v) is 3.02. The van der Waals surface area contributed by atoms with E-state index in [4.69, 9.17) is 10.5 Å². The van der Waals surface area contributed by atoms with Gasteiger partial charge in [0.1, 0.15) is 0 Å². The van der Waals surface area contributed by atoms with Crippen molar-refractivity contribution in [2.24, 2.45) is 0 Å². The van der Waals surface area contributed by atoms with Gasteiger partial charge in [-0.15, -0.1) is 0 Å². The highest BCUT2D eigenvalue weighted by Gasteiger charge is 1.98. The first-order valence-electron chi connectivity index (χ1n) is 4.73. The first-order valence-corrected chi connectivity index (χ1v) is 4.73. The van der Waals surface area contributed by atoms with E-state index in [-0.39, 0.29) is 0 Å². The number of nitrogen functional groups attached to an aromatic ring is 1. The molecule has 0 bridgehead atoms. The lowest BCUT2D eigenvalue weighted by Crippen LogP contribution is -1.97. The molecular weight excluding hydrogens is 162 g/mol. The van der Waals surface area contributed by atoms with Crippen molar-refractivity contribution in [2.75, 3.05) is 12.3 Å². The summed E-state index contributed by atoms with van der Waals surface area (Å²) in [6.07, 6.45) is 0.987. The Morgan fingerprint density at radius 3 is 2.62 bits per heavy atom. The van der Waals surface area contributed by atoms with Gasteiger partial charge in [0.25, 0.3) is 0 Å². The van der Waals surface area contributed by atoms with Crippen molar-refractivity contribution in [2.45, 2.75) is 26.9 Å². The maximum absolute atomic E-state index is 5.85.